The number of aliphatic hydroxyl groups excluding tert-OH is 1. The number of hydrogen-bond donors (Lipinski definition) is 4. The molecule has 1 aliphatic carbocycles. The molecule has 9 nitrogen and oxygen atoms in total. The zero-order valence-electron chi connectivity index (χ0n) is 21.6. The molecule has 9 heteroatoms. The number of para-hydroxylation sites is 2. The van der Waals surface area contributed by atoms with E-state index >= 15 is 0 Å². The molecule has 4 N–H and O–H groups in total. The number of benzene rings is 1. The van der Waals surface area contributed by atoms with Gasteiger partial charge in [-0.25, -0.2) is 4.98 Å². The van der Waals surface area contributed by atoms with E-state index in [9.17, 15) is 14.7 Å². The first-order chi connectivity index (χ1) is 18.1. The largest absolute Gasteiger partial charge is 0.480 e. The Bertz CT molecular complexity index is 1120. The lowest BCUT2D eigenvalue weighted by Crippen LogP contribution is -2.50. The number of aromatic nitrogens is 2. The average Bonchev–Trinajstić information content (AvgIpc) is 3.12. The molecule has 1 saturated carbocycles. The Hall–Kier alpha value is -2.49. The monoisotopic (exact) mass is 511 g/mol. The normalized spacial score (nSPS) is 26.0. The summed E-state index contributed by atoms with van der Waals surface area (Å²) in [6.45, 7) is 0.128. The Morgan fingerprint density at radius 1 is 0.946 bits per heavy atom. The molecule has 3 atom stereocenters. The average molecular weight is 512 g/mol. The molecular formula is C28H41N5O4. The number of anilines is 1. The van der Waals surface area contributed by atoms with E-state index in [0.717, 1.165) is 23.9 Å². The van der Waals surface area contributed by atoms with Crippen molar-refractivity contribution in [2.75, 3.05) is 25.0 Å². The highest BCUT2D eigenvalue weighted by atomic mass is 16.4. The van der Waals surface area contributed by atoms with E-state index in [1.165, 1.54) is 57.8 Å². The van der Waals surface area contributed by atoms with Crippen LogP contribution in [0.15, 0.2) is 29.1 Å². The molecule has 0 spiro atoms. The number of carbonyl (C=O) groups is 1. The van der Waals surface area contributed by atoms with Crippen LogP contribution in [0.4, 0.5) is 5.82 Å². The third-order valence-corrected chi connectivity index (χ3v) is 8.71. The first-order valence-electron chi connectivity index (χ1n) is 14.2. The van der Waals surface area contributed by atoms with E-state index in [1.54, 1.807) is 0 Å². The van der Waals surface area contributed by atoms with Crippen molar-refractivity contribution in [3.63, 3.8) is 0 Å². The second-order valence-electron chi connectivity index (χ2n) is 11.0. The molecule has 37 heavy (non-hydrogen) atoms. The fourth-order valence-corrected chi connectivity index (χ4v) is 7.01. The molecule has 2 aliphatic heterocycles. The highest BCUT2D eigenvalue weighted by Gasteiger charge is 2.44. The van der Waals surface area contributed by atoms with Gasteiger partial charge < -0.3 is 25.4 Å². The zero-order valence-corrected chi connectivity index (χ0v) is 21.6. The highest BCUT2D eigenvalue weighted by molar-refractivity contribution is 5.76. The van der Waals surface area contributed by atoms with Gasteiger partial charge in [0.25, 0.3) is 5.56 Å². The minimum absolute atomic E-state index is 0.112. The number of piperidine rings is 1. The zero-order chi connectivity index (χ0) is 25.8. The van der Waals surface area contributed by atoms with Crippen molar-refractivity contribution >= 4 is 22.8 Å². The van der Waals surface area contributed by atoms with Crippen LogP contribution in [0.5, 0.6) is 0 Å². The van der Waals surface area contributed by atoms with Gasteiger partial charge in [0.2, 0.25) is 0 Å². The number of carboxylic acids is 1. The van der Waals surface area contributed by atoms with Crippen molar-refractivity contribution in [2.24, 2.45) is 0 Å². The number of carboxylic acid groups (broad SMARTS) is 1. The van der Waals surface area contributed by atoms with Crippen LogP contribution in [0, 0.1) is 0 Å². The summed E-state index contributed by atoms with van der Waals surface area (Å²) in [5, 5.41) is 24.2. The Morgan fingerprint density at radius 3 is 2.30 bits per heavy atom. The van der Waals surface area contributed by atoms with Crippen molar-refractivity contribution in [1.29, 1.82) is 0 Å². The number of nitrogens with one attached hydrogen (secondary N) is 2. The molecule has 3 unspecified atom stereocenters. The molecule has 0 radical (unpaired) electrons. The summed E-state index contributed by atoms with van der Waals surface area (Å²) in [5.41, 5.74) is 1.55. The summed E-state index contributed by atoms with van der Waals surface area (Å²) in [4.78, 5) is 32.3. The maximum atomic E-state index is 13.7. The van der Waals surface area contributed by atoms with Gasteiger partial charge >= 0.3 is 5.97 Å². The fraction of sp³-hybridized carbons (Fsp3) is 0.679. The number of aliphatic carboxylic acids is 1. The predicted molar refractivity (Wildman–Crippen MR) is 144 cm³/mol. The summed E-state index contributed by atoms with van der Waals surface area (Å²) in [6.07, 6.45) is 13.9. The fourth-order valence-electron chi connectivity index (χ4n) is 7.01. The van der Waals surface area contributed by atoms with Gasteiger partial charge in [-0.3, -0.25) is 14.5 Å². The van der Waals surface area contributed by atoms with E-state index in [1.807, 2.05) is 28.8 Å². The van der Waals surface area contributed by atoms with Crippen LogP contribution < -0.4 is 16.2 Å². The van der Waals surface area contributed by atoms with Gasteiger partial charge in [-0.05, 0) is 50.7 Å². The number of fused-ring (bicyclic) bond motifs is 3. The van der Waals surface area contributed by atoms with E-state index in [0.29, 0.717) is 30.5 Å². The molecule has 2 bridgehead atoms. The van der Waals surface area contributed by atoms with Gasteiger partial charge in [0.05, 0.1) is 17.6 Å². The highest BCUT2D eigenvalue weighted by Crippen LogP contribution is 2.44. The predicted octanol–water partition coefficient (Wildman–Crippen LogP) is 3.12. The SMILES string of the molecule is O=C(O)C(CO)NCCNc1nc2ccccc2n(C2CC3CCC(C2)N3C2CCCCCCC2)c1=O. The summed E-state index contributed by atoms with van der Waals surface area (Å²) in [6, 6.07) is 8.75. The standard InChI is InChI=1S/C28H41N5O4/c34-18-24(28(36)37)29-14-15-30-26-27(35)33(25-11-7-6-10-23(25)31-26)22-16-20-12-13-21(17-22)32(20)19-8-4-2-1-3-5-9-19/h6-7,10-11,19-22,24,29,34H,1-5,8-9,12-18H2,(H,30,31)(H,36,37). The Balaban J connectivity index is 1.34. The molecule has 2 aromatic rings. The van der Waals surface area contributed by atoms with Crippen LogP contribution in [-0.4, -0.2) is 74.5 Å². The molecule has 3 fully saturated rings. The third-order valence-electron chi connectivity index (χ3n) is 8.71. The van der Waals surface area contributed by atoms with Crippen molar-refractivity contribution in [1.82, 2.24) is 19.8 Å². The van der Waals surface area contributed by atoms with Crippen molar-refractivity contribution in [2.45, 2.75) is 101 Å². The molecule has 1 aromatic heterocycles. The lowest BCUT2D eigenvalue weighted by molar-refractivity contribution is -0.140. The molecule has 1 aromatic carbocycles. The molecular weight excluding hydrogens is 470 g/mol. The van der Waals surface area contributed by atoms with Gasteiger partial charge in [0.1, 0.15) is 6.04 Å². The molecule has 3 heterocycles. The van der Waals surface area contributed by atoms with Gasteiger partial charge in [-0.1, -0.05) is 44.2 Å². The van der Waals surface area contributed by atoms with Crippen LogP contribution >= 0.6 is 0 Å². The molecule has 2 saturated heterocycles. The summed E-state index contributed by atoms with van der Waals surface area (Å²) < 4.78 is 1.98. The van der Waals surface area contributed by atoms with Crippen LogP contribution in [-0.2, 0) is 4.79 Å². The maximum Gasteiger partial charge on any atom is 0.323 e. The van der Waals surface area contributed by atoms with Crippen LogP contribution in [0.25, 0.3) is 11.0 Å². The number of hydrogen-bond acceptors (Lipinski definition) is 7. The van der Waals surface area contributed by atoms with Gasteiger partial charge in [0, 0.05) is 37.3 Å². The smallest absolute Gasteiger partial charge is 0.323 e. The minimum Gasteiger partial charge on any atom is -0.480 e. The molecule has 3 aliphatic rings. The number of rotatable bonds is 9. The van der Waals surface area contributed by atoms with E-state index in [4.69, 9.17) is 5.11 Å². The van der Waals surface area contributed by atoms with Gasteiger partial charge in [0.15, 0.2) is 5.82 Å². The maximum absolute atomic E-state index is 13.7. The second-order valence-corrected chi connectivity index (χ2v) is 11.0. The minimum atomic E-state index is -1.10. The van der Waals surface area contributed by atoms with Crippen LogP contribution in [0.3, 0.4) is 0 Å². The molecule has 202 valence electrons. The van der Waals surface area contributed by atoms with Crippen molar-refractivity contribution < 1.29 is 15.0 Å². The topological polar surface area (TPSA) is 120 Å². The van der Waals surface area contributed by atoms with Gasteiger partial charge in [-0.15, -0.1) is 0 Å². The van der Waals surface area contributed by atoms with Crippen LogP contribution in [0.2, 0.25) is 0 Å². The third kappa shape index (κ3) is 5.68. The quantitative estimate of drug-likeness (QED) is 0.379. The summed E-state index contributed by atoms with van der Waals surface area (Å²) >= 11 is 0. The Kier molecular flexibility index (Phi) is 8.42. The number of nitrogens with zero attached hydrogens (tertiary/aromatic N) is 3. The first kappa shape index (κ1) is 26.1. The molecule has 5 rings (SSSR count). The summed E-state index contributed by atoms with van der Waals surface area (Å²) in [5.74, 6) is -0.805. The van der Waals surface area contributed by atoms with Crippen molar-refractivity contribution in [3.8, 4) is 0 Å². The van der Waals surface area contributed by atoms with E-state index in [2.05, 4.69) is 20.5 Å². The summed E-state index contributed by atoms with van der Waals surface area (Å²) in [7, 11) is 0. The molecule has 0 amide bonds. The second kappa shape index (κ2) is 11.9. The van der Waals surface area contributed by atoms with E-state index < -0.39 is 18.6 Å². The first-order valence-corrected chi connectivity index (χ1v) is 14.2. The lowest BCUT2D eigenvalue weighted by Gasteiger charge is -2.45. The number of aliphatic hydroxyl groups is 1. The van der Waals surface area contributed by atoms with E-state index in [-0.39, 0.29) is 18.1 Å². The lowest BCUT2D eigenvalue weighted by atomic mass is 9.89. The van der Waals surface area contributed by atoms with Crippen molar-refractivity contribution in [3.05, 3.63) is 34.6 Å². The van der Waals surface area contributed by atoms with Crippen LogP contribution in [0.1, 0.15) is 76.7 Å². The Morgan fingerprint density at radius 2 is 1.62 bits per heavy atom. The van der Waals surface area contributed by atoms with Gasteiger partial charge in [-0.2, -0.15) is 0 Å². The Labute approximate surface area is 218 Å².